The number of benzene rings is 1. The van der Waals surface area contributed by atoms with Crippen molar-refractivity contribution in [2.24, 2.45) is 5.41 Å². The van der Waals surface area contributed by atoms with Gasteiger partial charge < -0.3 is 21.9 Å². The highest BCUT2D eigenvalue weighted by molar-refractivity contribution is 5.45. The molecule has 126 valence electrons. The molecule has 3 aliphatic heterocycles. The third-order valence-electron chi connectivity index (χ3n) is 5.98. The second-order valence-corrected chi connectivity index (χ2v) is 7.44. The van der Waals surface area contributed by atoms with E-state index in [-0.39, 0.29) is 29.8 Å². The largest absolute Gasteiger partial charge is 1.00 e. The fourth-order valence-electron chi connectivity index (χ4n) is 5.07. The molecule has 0 amide bonds. The highest BCUT2D eigenvalue weighted by Gasteiger charge is 2.70. The Hall–Kier alpha value is -1.42. The van der Waals surface area contributed by atoms with Crippen molar-refractivity contribution in [2.75, 3.05) is 13.2 Å². The van der Waals surface area contributed by atoms with E-state index in [2.05, 4.69) is 67.1 Å². The van der Waals surface area contributed by atoms with E-state index in [1.165, 1.54) is 16.8 Å². The van der Waals surface area contributed by atoms with Gasteiger partial charge in [-0.15, -0.1) is 0 Å². The molecule has 0 unspecified atom stereocenters. The molecule has 0 N–H and O–H groups in total. The lowest BCUT2D eigenvalue weighted by Gasteiger charge is -2.58. The minimum Gasteiger partial charge on any atom is -1.00 e. The van der Waals surface area contributed by atoms with E-state index < -0.39 is 5.79 Å². The van der Waals surface area contributed by atoms with Gasteiger partial charge in [-0.25, -0.2) is 0 Å². The molecule has 3 nitrogen and oxygen atoms in total. The summed E-state index contributed by atoms with van der Waals surface area (Å²) in [4.78, 5) is 0. The van der Waals surface area contributed by atoms with Crippen LogP contribution in [0.25, 0.3) is 0 Å². The van der Waals surface area contributed by atoms with Gasteiger partial charge in [0.1, 0.15) is 5.92 Å². The zero-order valence-electron chi connectivity index (χ0n) is 14.0. The summed E-state index contributed by atoms with van der Waals surface area (Å²) >= 11 is 0. The molecule has 4 aliphatic rings. The number of aromatic nitrogens is 1. The van der Waals surface area contributed by atoms with E-state index in [1.54, 1.807) is 0 Å². The molecule has 4 heteroatoms. The topological polar surface area (TPSA) is 22.3 Å². The van der Waals surface area contributed by atoms with Crippen LogP contribution in [-0.2, 0) is 9.47 Å². The Labute approximate surface area is 149 Å². The highest BCUT2D eigenvalue weighted by Crippen LogP contribution is 2.62. The molecule has 1 spiro atoms. The highest BCUT2D eigenvalue weighted by atomic mass is 35.5. The molecule has 24 heavy (non-hydrogen) atoms. The molecular formula is C20H22ClNO2. The lowest BCUT2D eigenvalue weighted by molar-refractivity contribution is -0.756. The van der Waals surface area contributed by atoms with Crippen molar-refractivity contribution in [1.29, 1.82) is 0 Å². The predicted octanol–water partition coefficient (Wildman–Crippen LogP) is 0.186. The SMILES string of the molecule is CC1(C)[C@@H]2c3ccccc3[C@@H](c3cccc[n+]32)C12OCCCO2.[Cl-]. The Balaban J connectivity index is 0.00000146. The maximum Gasteiger partial charge on any atom is 0.196 e. The minimum absolute atomic E-state index is 0. The molecule has 1 aromatic heterocycles. The van der Waals surface area contributed by atoms with Crippen LogP contribution in [-0.4, -0.2) is 19.0 Å². The fraction of sp³-hybridized carbons (Fsp3) is 0.450. The van der Waals surface area contributed by atoms with Gasteiger partial charge in [0.2, 0.25) is 0 Å². The third kappa shape index (κ3) is 1.73. The first-order valence-electron chi connectivity index (χ1n) is 8.54. The maximum absolute atomic E-state index is 6.43. The first-order valence-corrected chi connectivity index (χ1v) is 8.54. The van der Waals surface area contributed by atoms with E-state index in [0.717, 1.165) is 19.6 Å². The lowest BCUT2D eigenvalue weighted by atomic mass is 9.57. The van der Waals surface area contributed by atoms with Crippen LogP contribution < -0.4 is 17.0 Å². The Morgan fingerprint density at radius 1 is 0.958 bits per heavy atom. The quantitative estimate of drug-likeness (QED) is 0.637. The molecule has 6 rings (SSSR count). The van der Waals surface area contributed by atoms with Crippen LogP contribution in [0.3, 0.4) is 0 Å². The average Bonchev–Trinajstić information content (AvgIpc) is 2.58. The van der Waals surface area contributed by atoms with E-state index >= 15 is 0 Å². The van der Waals surface area contributed by atoms with E-state index in [9.17, 15) is 0 Å². The first-order chi connectivity index (χ1) is 11.2. The average molecular weight is 344 g/mol. The van der Waals surface area contributed by atoms with E-state index in [1.807, 2.05) is 0 Å². The van der Waals surface area contributed by atoms with Crippen LogP contribution in [0, 0.1) is 5.41 Å². The molecule has 1 saturated heterocycles. The number of nitrogens with zero attached hydrogens (tertiary/aromatic N) is 1. The molecule has 2 bridgehead atoms. The summed E-state index contributed by atoms with van der Waals surface area (Å²) in [5, 5.41) is 0. The van der Waals surface area contributed by atoms with Gasteiger partial charge in [0.25, 0.3) is 0 Å². The zero-order chi connectivity index (χ0) is 15.7. The molecule has 1 aliphatic carbocycles. The molecule has 1 fully saturated rings. The minimum atomic E-state index is -0.564. The Morgan fingerprint density at radius 3 is 2.38 bits per heavy atom. The van der Waals surface area contributed by atoms with Gasteiger partial charge in [0, 0.05) is 17.7 Å². The predicted molar refractivity (Wildman–Crippen MR) is 86.1 cm³/mol. The summed E-state index contributed by atoms with van der Waals surface area (Å²) < 4.78 is 15.3. The molecule has 0 saturated carbocycles. The smallest absolute Gasteiger partial charge is 0.196 e. The summed E-state index contributed by atoms with van der Waals surface area (Å²) in [6.07, 6.45) is 3.19. The van der Waals surface area contributed by atoms with Gasteiger partial charge in [-0.1, -0.05) is 30.3 Å². The molecule has 2 atom stereocenters. The number of pyridine rings is 1. The van der Waals surface area contributed by atoms with Crippen molar-refractivity contribution in [2.45, 2.75) is 38.0 Å². The second-order valence-electron chi connectivity index (χ2n) is 7.44. The summed E-state index contributed by atoms with van der Waals surface area (Å²) in [5.41, 5.74) is 3.95. The monoisotopic (exact) mass is 343 g/mol. The first kappa shape index (κ1) is 16.1. The lowest BCUT2D eigenvalue weighted by Crippen LogP contribution is -3.00. The Morgan fingerprint density at radius 2 is 1.62 bits per heavy atom. The number of rotatable bonds is 0. The van der Waals surface area contributed by atoms with Crippen molar-refractivity contribution < 1.29 is 26.4 Å². The van der Waals surface area contributed by atoms with Crippen molar-refractivity contribution in [3.05, 3.63) is 65.5 Å². The normalized spacial score (nSPS) is 27.9. The summed E-state index contributed by atoms with van der Waals surface area (Å²) in [6.45, 7) is 6.16. The van der Waals surface area contributed by atoms with E-state index in [0.29, 0.717) is 0 Å². The number of hydrogen-bond acceptors (Lipinski definition) is 2. The Kier molecular flexibility index (Phi) is 3.54. The van der Waals surface area contributed by atoms with Crippen LogP contribution in [0.4, 0.5) is 0 Å². The fourth-order valence-corrected chi connectivity index (χ4v) is 5.07. The van der Waals surface area contributed by atoms with E-state index in [4.69, 9.17) is 9.47 Å². The summed E-state index contributed by atoms with van der Waals surface area (Å²) in [6, 6.07) is 15.5. The molecule has 0 radical (unpaired) electrons. The van der Waals surface area contributed by atoms with Crippen LogP contribution in [0.5, 0.6) is 0 Å². The van der Waals surface area contributed by atoms with Crippen LogP contribution in [0.1, 0.15) is 49.0 Å². The van der Waals surface area contributed by atoms with Crippen molar-refractivity contribution in [3.8, 4) is 0 Å². The van der Waals surface area contributed by atoms with Gasteiger partial charge in [-0.3, -0.25) is 0 Å². The summed E-state index contributed by atoms with van der Waals surface area (Å²) in [5.74, 6) is -0.439. The van der Waals surface area contributed by atoms with Crippen molar-refractivity contribution in [3.63, 3.8) is 0 Å². The maximum atomic E-state index is 6.43. The molecule has 1 aromatic carbocycles. The third-order valence-corrected chi connectivity index (χ3v) is 5.98. The molecular weight excluding hydrogens is 322 g/mol. The standard InChI is InChI=1S/C20H22NO2.ClH/c1-19(2)18-15-9-4-3-8-14(15)17(16-10-5-6-11-21(16)18)20(19)22-12-7-13-23-20;/h3-6,8-11,17-18H,7,12-13H2,1-2H3;1H/q+1;/p-1/t17-,18-;/m0./s1. The van der Waals surface area contributed by atoms with Gasteiger partial charge in [-0.2, -0.15) is 4.57 Å². The Bertz CT molecular complexity index is 735. The second kappa shape index (κ2) is 5.29. The molecule has 2 aromatic rings. The number of ether oxygens (including phenoxy) is 2. The number of halogens is 1. The van der Waals surface area contributed by atoms with Crippen LogP contribution >= 0.6 is 0 Å². The van der Waals surface area contributed by atoms with Crippen LogP contribution in [0.2, 0.25) is 0 Å². The van der Waals surface area contributed by atoms with Gasteiger partial charge in [-0.05, 0) is 25.8 Å². The summed E-state index contributed by atoms with van der Waals surface area (Å²) in [7, 11) is 0. The van der Waals surface area contributed by atoms with Gasteiger partial charge >= 0.3 is 0 Å². The number of hydrogen-bond donors (Lipinski definition) is 0. The zero-order valence-corrected chi connectivity index (χ0v) is 14.8. The van der Waals surface area contributed by atoms with Crippen molar-refractivity contribution >= 4 is 0 Å². The van der Waals surface area contributed by atoms with Crippen molar-refractivity contribution in [1.82, 2.24) is 0 Å². The molecule has 4 heterocycles. The van der Waals surface area contributed by atoms with Crippen LogP contribution in [0.15, 0.2) is 48.7 Å². The van der Waals surface area contributed by atoms with Gasteiger partial charge in [0.15, 0.2) is 23.7 Å². The van der Waals surface area contributed by atoms with Gasteiger partial charge in [0.05, 0.1) is 18.6 Å².